The van der Waals surface area contributed by atoms with Gasteiger partial charge in [-0.05, 0) is 29.8 Å². The van der Waals surface area contributed by atoms with E-state index in [0.717, 1.165) is 22.2 Å². The Labute approximate surface area is 114 Å². The van der Waals surface area contributed by atoms with Gasteiger partial charge < -0.3 is 4.74 Å². The molecule has 0 unspecified atom stereocenters. The first kappa shape index (κ1) is 11.9. The van der Waals surface area contributed by atoms with Crippen molar-refractivity contribution in [1.82, 2.24) is 4.98 Å². The standard InChI is InChI=1S/C14H10N2O2S/c1-18-12-4-5-15-11-3-2-9(6-10(11)12)7-13-14(17)16-8-19-13/h2-8H,1H3/b13-7-. The van der Waals surface area contributed by atoms with Crippen LogP contribution in [0.2, 0.25) is 0 Å². The van der Waals surface area contributed by atoms with Crippen LogP contribution in [0.15, 0.2) is 40.4 Å². The summed E-state index contributed by atoms with van der Waals surface area (Å²) in [5, 5.41) is 0.927. The van der Waals surface area contributed by atoms with Crippen molar-refractivity contribution in [1.29, 1.82) is 0 Å². The lowest BCUT2D eigenvalue weighted by atomic mass is 10.1. The fourth-order valence-corrected chi connectivity index (χ4v) is 2.52. The van der Waals surface area contributed by atoms with Crippen molar-refractivity contribution in [2.24, 2.45) is 4.99 Å². The molecule has 0 radical (unpaired) electrons. The second kappa shape index (κ2) is 4.85. The van der Waals surface area contributed by atoms with Gasteiger partial charge >= 0.3 is 0 Å². The van der Waals surface area contributed by atoms with Crippen molar-refractivity contribution >= 4 is 40.2 Å². The zero-order chi connectivity index (χ0) is 13.2. The first-order chi connectivity index (χ1) is 9.28. The molecule has 0 spiro atoms. The molecular formula is C14H10N2O2S. The molecule has 1 aliphatic rings. The summed E-state index contributed by atoms with van der Waals surface area (Å²) in [6.07, 6.45) is 3.54. The topological polar surface area (TPSA) is 51.6 Å². The number of rotatable bonds is 2. The lowest BCUT2D eigenvalue weighted by Gasteiger charge is -2.05. The molecule has 0 bridgehead atoms. The van der Waals surface area contributed by atoms with E-state index in [-0.39, 0.29) is 5.91 Å². The van der Waals surface area contributed by atoms with Gasteiger partial charge in [-0.15, -0.1) is 0 Å². The van der Waals surface area contributed by atoms with Gasteiger partial charge in [-0.3, -0.25) is 9.78 Å². The summed E-state index contributed by atoms with van der Waals surface area (Å²) in [6.45, 7) is 0. The number of carbonyl (C=O) groups excluding carboxylic acids is 1. The molecule has 0 aliphatic carbocycles. The van der Waals surface area contributed by atoms with E-state index in [4.69, 9.17) is 4.74 Å². The van der Waals surface area contributed by atoms with Crippen LogP contribution in [0, 0.1) is 0 Å². The fourth-order valence-electron chi connectivity index (χ4n) is 1.90. The van der Waals surface area contributed by atoms with Crippen LogP contribution in [0.4, 0.5) is 0 Å². The predicted molar refractivity (Wildman–Crippen MR) is 77.4 cm³/mol. The van der Waals surface area contributed by atoms with Crippen molar-refractivity contribution in [2.45, 2.75) is 0 Å². The Balaban J connectivity index is 2.09. The molecule has 2 aromatic rings. The highest BCUT2D eigenvalue weighted by atomic mass is 32.2. The number of aromatic nitrogens is 1. The van der Waals surface area contributed by atoms with E-state index < -0.39 is 0 Å². The number of methoxy groups -OCH3 is 1. The zero-order valence-corrected chi connectivity index (χ0v) is 11.0. The summed E-state index contributed by atoms with van der Waals surface area (Å²) in [4.78, 5) is 20.1. The second-order valence-electron chi connectivity index (χ2n) is 3.96. The van der Waals surface area contributed by atoms with Crippen LogP contribution >= 0.6 is 11.8 Å². The zero-order valence-electron chi connectivity index (χ0n) is 10.2. The number of ether oxygens (including phenoxy) is 1. The van der Waals surface area contributed by atoms with E-state index in [1.165, 1.54) is 11.8 Å². The Hall–Kier alpha value is -2.14. The molecule has 4 nitrogen and oxygen atoms in total. The van der Waals surface area contributed by atoms with Gasteiger partial charge in [-0.1, -0.05) is 17.8 Å². The summed E-state index contributed by atoms with van der Waals surface area (Å²) in [7, 11) is 1.63. The fraction of sp³-hybridized carbons (Fsp3) is 0.0714. The third kappa shape index (κ3) is 2.24. The number of aliphatic imine (C=N–C) groups is 1. The molecule has 0 saturated carbocycles. The smallest absolute Gasteiger partial charge is 0.284 e. The lowest BCUT2D eigenvalue weighted by Crippen LogP contribution is -1.90. The molecule has 1 aromatic carbocycles. The third-order valence-corrected chi connectivity index (χ3v) is 3.56. The average molecular weight is 270 g/mol. The first-order valence-corrected chi connectivity index (χ1v) is 6.54. The van der Waals surface area contributed by atoms with E-state index in [1.807, 2.05) is 30.3 Å². The molecule has 0 atom stereocenters. The molecule has 94 valence electrons. The molecule has 19 heavy (non-hydrogen) atoms. The highest BCUT2D eigenvalue weighted by molar-refractivity contribution is 8.16. The Morgan fingerprint density at radius 3 is 2.95 bits per heavy atom. The number of hydrogen-bond donors (Lipinski definition) is 0. The van der Waals surface area contributed by atoms with Crippen LogP contribution < -0.4 is 4.74 Å². The highest BCUT2D eigenvalue weighted by Gasteiger charge is 2.13. The van der Waals surface area contributed by atoms with Crippen LogP contribution in [0.25, 0.3) is 17.0 Å². The van der Waals surface area contributed by atoms with Gasteiger partial charge in [0.25, 0.3) is 5.91 Å². The number of fused-ring (bicyclic) bond motifs is 1. The number of nitrogens with zero attached hydrogens (tertiary/aromatic N) is 2. The average Bonchev–Trinajstić information content (AvgIpc) is 2.83. The van der Waals surface area contributed by atoms with Crippen LogP contribution in [0.1, 0.15) is 5.56 Å². The van der Waals surface area contributed by atoms with Gasteiger partial charge in [0, 0.05) is 11.6 Å². The van der Waals surface area contributed by atoms with E-state index in [9.17, 15) is 4.79 Å². The van der Waals surface area contributed by atoms with Crippen LogP contribution in [-0.2, 0) is 4.79 Å². The molecule has 1 aliphatic heterocycles. The molecular weight excluding hydrogens is 260 g/mol. The minimum Gasteiger partial charge on any atom is -0.496 e. The summed E-state index contributed by atoms with van der Waals surface area (Å²) < 4.78 is 5.32. The lowest BCUT2D eigenvalue weighted by molar-refractivity contribution is -0.113. The largest absolute Gasteiger partial charge is 0.496 e. The molecule has 5 heteroatoms. The molecule has 3 rings (SSSR count). The maximum absolute atomic E-state index is 11.4. The SMILES string of the molecule is COc1ccnc2ccc(/C=C3\SC=NC3=O)cc12. The van der Waals surface area contributed by atoms with E-state index >= 15 is 0 Å². The molecule has 0 fully saturated rings. The number of amides is 1. The number of pyridine rings is 1. The number of hydrogen-bond acceptors (Lipinski definition) is 4. The third-order valence-electron chi connectivity index (χ3n) is 2.80. The van der Waals surface area contributed by atoms with E-state index in [2.05, 4.69) is 9.98 Å². The Bertz CT molecular complexity index is 722. The maximum Gasteiger partial charge on any atom is 0.284 e. The van der Waals surface area contributed by atoms with Crippen molar-refractivity contribution in [3.8, 4) is 5.75 Å². The van der Waals surface area contributed by atoms with Crippen LogP contribution in [0.5, 0.6) is 5.75 Å². The molecule has 0 N–H and O–H groups in total. The van der Waals surface area contributed by atoms with Crippen molar-refractivity contribution in [3.05, 3.63) is 40.9 Å². The molecule has 1 aromatic heterocycles. The minimum absolute atomic E-state index is 0.191. The minimum atomic E-state index is -0.191. The number of thioether (sulfide) groups is 1. The van der Waals surface area contributed by atoms with E-state index in [0.29, 0.717) is 4.91 Å². The monoisotopic (exact) mass is 270 g/mol. The van der Waals surface area contributed by atoms with Crippen LogP contribution in [0.3, 0.4) is 0 Å². The normalized spacial score (nSPS) is 16.5. The van der Waals surface area contributed by atoms with Crippen LogP contribution in [-0.4, -0.2) is 23.5 Å². The quantitative estimate of drug-likeness (QED) is 0.787. The van der Waals surface area contributed by atoms with E-state index in [1.54, 1.807) is 18.9 Å². The molecule has 0 saturated heterocycles. The van der Waals surface area contributed by atoms with Crippen molar-refractivity contribution in [3.63, 3.8) is 0 Å². The predicted octanol–water partition coefficient (Wildman–Crippen LogP) is 2.89. The van der Waals surface area contributed by atoms with Crippen molar-refractivity contribution in [2.75, 3.05) is 7.11 Å². The van der Waals surface area contributed by atoms with Gasteiger partial charge in [-0.25, -0.2) is 4.99 Å². The molecule has 1 amide bonds. The number of carbonyl (C=O) groups is 1. The summed E-state index contributed by atoms with van der Waals surface area (Å²) in [6, 6.07) is 7.61. The Morgan fingerprint density at radius 2 is 2.21 bits per heavy atom. The van der Waals surface area contributed by atoms with Gasteiger partial charge in [0.1, 0.15) is 5.75 Å². The van der Waals surface area contributed by atoms with Crippen molar-refractivity contribution < 1.29 is 9.53 Å². The highest BCUT2D eigenvalue weighted by Crippen LogP contribution is 2.28. The summed E-state index contributed by atoms with van der Waals surface area (Å²) >= 11 is 1.33. The Kier molecular flexibility index (Phi) is 3.05. The van der Waals surface area contributed by atoms with Gasteiger partial charge in [0.15, 0.2) is 0 Å². The Morgan fingerprint density at radius 1 is 1.32 bits per heavy atom. The number of benzene rings is 1. The maximum atomic E-state index is 11.4. The first-order valence-electron chi connectivity index (χ1n) is 5.66. The van der Waals surface area contributed by atoms with Gasteiger partial charge in [0.2, 0.25) is 0 Å². The van der Waals surface area contributed by atoms with Gasteiger partial charge in [0.05, 0.1) is 23.1 Å². The summed E-state index contributed by atoms with van der Waals surface area (Å²) in [5.41, 5.74) is 3.35. The second-order valence-corrected chi connectivity index (χ2v) is 4.84. The summed E-state index contributed by atoms with van der Waals surface area (Å²) in [5.74, 6) is 0.579. The van der Waals surface area contributed by atoms with Gasteiger partial charge in [-0.2, -0.15) is 0 Å². The molecule has 2 heterocycles.